The van der Waals surface area contributed by atoms with E-state index in [-0.39, 0.29) is 16.8 Å². The van der Waals surface area contributed by atoms with Crippen LogP contribution >= 0.6 is 11.6 Å². The first kappa shape index (κ1) is 25.8. The average Bonchev–Trinajstić information content (AvgIpc) is 2.86. The van der Waals surface area contributed by atoms with Crippen molar-refractivity contribution in [2.45, 2.75) is 63.0 Å². The molecule has 2 aromatic carbocycles. The van der Waals surface area contributed by atoms with E-state index in [2.05, 4.69) is 10.2 Å². The number of ether oxygens (including phenoxy) is 1. The van der Waals surface area contributed by atoms with Gasteiger partial charge in [0.2, 0.25) is 10.0 Å². The number of carbonyl (C=O) groups is 1. The van der Waals surface area contributed by atoms with Crippen LogP contribution in [0.5, 0.6) is 5.75 Å². The number of benzene rings is 2. The van der Waals surface area contributed by atoms with E-state index in [0.717, 1.165) is 36.9 Å². The van der Waals surface area contributed by atoms with Gasteiger partial charge in [0.1, 0.15) is 5.75 Å². The summed E-state index contributed by atoms with van der Waals surface area (Å²) in [6.07, 6.45) is 4.89. The van der Waals surface area contributed by atoms with E-state index in [4.69, 9.17) is 16.3 Å². The molecular weight excluding hydrogens is 486 g/mol. The third-order valence-corrected chi connectivity index (χ3v) is 8.99. The molecule has 0 unspecified atom stereocenters. The molecule has 0 bridgehead atoms. The fraction of sp³-hybridized carbons (Fsp3) is 0.500. The summed E-state index contributed by atoms with van der Waals surface area (Å²) >= 11 is 6.16. The molecule has 0 spiro atoms. The molecule has 1 saturated carbocycles. The molecule has 2 aromatic rings. The molecule has 1 heterocycles. The molecule has 2 fully saturated rings. The topological polar surface area (TPSA) is 79.0 Å². The number of anilines is 1. The standard InChI is InChI=1S/C26H34ClN3O4S/c1-19-8-9-21(27)18-25(19)29-14-16-30(17-15-29)35(32,33)24-12-10-23(11-13-24)34-20(2)26(31)28-22-6-4-3-5-7-22/h8-13,18,20,22H,3-7,14-17H2,1-2H3,(H,28,31)/t20-/m0/s1. The molecule has 1 atom stereocenters. The SMILES string of the molecule is Cc1ccc(Cl)cc1N1CCN(S(=O)(=O)c2ccc(O[C@@H](C)C(=O)NC3CCCCC3)cc2)CC1. The maximum absolute atomic E-state index is 13.2. The average molecular weight is 520 g/mol. The van der Waals surface area contributed by atoms with E-state index in [0.29, 0.717) is 37.0 Å². The molecule has 190 valence electrons. The second kappa shape index (κ2) is 11.2. The normalized spacial score (nSPS) is 18.8. The van der Waals surface area contributed by atoms with Crippen molar-refractivity contribution in [3.63, 3.8) is 0 Å². The molecule has 1 aliphatic heterocycles. The number of aryl methyl sites for hydroxylation is 1. The third kappa shape index (κ3) is 6.29. The summed E-state index contributed by atoms with van der Waals surface area (Å²) in [5, 5.41) is 3.73. The molecule has 1 amide bonds. The number of rotatable bonds is 7. The molecule has 7 nitrogen and oxygen atoms in total. The van der Waals surface area contributed by atoms with E-state index in [1.54, 1.807) is 31.2 Å². The summed E-state index contributed by atoms with van der Waals surface area (Å²) in [4.78, 5) is 14.9. The number of hydrogen-bond donors (Lipinski definition) is 1. The van der Waals surface area contributed by atoms with Crippen LogP contribution in [0, 0.1) is 6.92 Å². The second-order valence-electron chi connectivity index (χ2n) is 9.40. The van der Waals surface area contributed by atoms with Gasteiger partial charge in [0.05, 0.1) is 4.90 Å². The number of amides is 1. The van der Waals surface area contributed by atoms with Gasteiger partial charge in [0, 0.05) is 42.9 Å². The third-order valence-electron chi connectivity index (χ3n) is 6.85. The number of nitrogens with one attached hydrogen (secondary N) is 1. The minimum Gasteiger partial charge on any atom is -0.481 e. The highest BCUT2D eigenvalue weighted by Crippen LogP contribution is 2.27. The summed E-state index contributed by atoms with van der Waals surface area (Å²) < 4.78 is 33.7. The Morgan fingerprint density at radius 3 is 2.34 bits per heavy atom. The lowest BCUT2D eigenvalue weighted by Crippen LogP contribution is -2.48. The molecule has 9 heteroatoms. The number of halogens is 1. The van der Waals surface area contributed by atoms with Crippen molar-refractivity contribution in [3.8, 4) is 5.75 Å². The highest BCUT2D eigenvalue weighted by atomic mass is 35.5. The van der Waals surface area contributed by atoms with Gasteiger partial charge in [-0.15, -0.1) is 0 Å². The Kier molecular flexibility index (Phi) is 8.24. The van der Waals surface area contributed by atoms with Gasteiger partial charge in [-0.2, -0.15) is 4.31 Å². The van der Waals surface area contributed by atoms with Gasteiger partial charge in [-0.3, -0.25) is 4.79 Å². The van der Waals surface area contributed by atoms with Gasteiger partial charge in [0.25, 0.3) is 5.91 Å². The predicted molar refractivity (Wildman–Crippen MR) is 139 cm³/mol. The predicted octanol–water partition coefficient (Wildman–Crippen LogP) is 4.38. The van der Waals surface area contributed by atoms with Crippen molar-refractivity contribution in [1.82, 2.24) is 9.62 Å². The van der Waals surface area contributed by atoms with Crippen LogP contribution in [-0.2, 0) is 14.8 Å². The van der Waals surface area contributed by atoms with Gasteiger partial charge in [0.15, 0.2) is 6.10 Å². The number of nitrogens with zero attached hydrogens (tertiary/aromatic N) is 2. The zero-order valence-electron chi connectivity index (χ0n) is 20.4. The highest BCUT2D eigenvalue weighted by molar-refractivity contribution is 7.89. The maximum Gasteiger partial charge on any atom is 0.260 e. The van der Waals surface area contributed by atoms with Gasteiger partial charge in [-0.1, -0.05) is 36.9 Å². The van der Waals surface area contributed by atoms with Crippen molar-refractivity contribution in [1.29, 1.82) is 0 Å². The van der Waals surface area contributed by atoms with Crippen LogP contribution in [0.4, 0.5) is 5.69 Å². The molecule has 0 radical (unpaired) electrons. The Hall–Kier alpha value is -2.29. The fourth-order valence-corrected chi connectivity index (χ4v) is 6.34. The molecule has 35 heavy (non-hydrogen) atoms. The molecule has 4 rings (SSSR count). The Labute approximate surface area is 213 Å². The van der Waals surface area contributed by atoms with Crippen LogP contribution in [0.15, 0.2) is 47.4 Å². The quantitative estimate of drug-likeness (QED) is 0.587. The molecule has 1 saturated heterocycles. The van der Waals surface area contributed by atoms with E-state index in [9.17, 15) is 13.2 Å². The summed E-state index contributed by atoms with van der Waals surface area (Å²) in [7, 11) is -3.62. The molecule has 1 aliphatic carbocycles. The zero-order valence-corrected chi connectivity index (χ0v) is 21.9. The van der Waals surface area contributed by atoms with Crippen LogP contribution in [0.2, 0.25) is 5.02 Å². The highest BCUT2D eigenvalue weighted by Gasteiger charge is 2.29. The minimum atomic E-state index is -3.62. The smallest absolute Gasteiger partial charge is 0.260 e. The molecule has 0 aromatic heterocycles. The first-order valence-corrected chi connectivity index (χ1v) is 14.1. The van der Waals surface area contributed by atoms with Crippen molar-refractivity contribution in [2.75, 3.05) is 31.1 Å². The van der Waals surface area contributed by atoms with Gasteiger partial charge in [-0.05, 0) is 68.7 Å². The van der Waals surface area contributed by atoms with E-state index >= 15 is 0 Å². The Morgan fingerprint density at radius 2 is 1.69 bits per heavy atom. The Balaban J connectivity index is 1.33. The maximum atomic E-state index is 13.2. The van der Waals surface area contributed by atoms with Gasteiger partial charge in [-0.25, -0.2) is 8.42 Å². The largest absolute Gasteiger partial charge is 0.481 e. The minimum absolute atomic E-state index is 0.138. The van der Waals surface area contributed by atoms with E-state index < -0.39 is 16.1 Å². The van der Waals surface area contributed by atoms with Gasteiger partial charge >= 0.3 is 0 Å². The summed E-state index contributed by atoms with van der Waals surface area (Å²) in [6, 6.07) is 12.3. The fourth-order valence-electron chi connectivity index (χ4n) is 4.75. The Bertz CT molecular complexity index is 1130. The van der Waals surface area contributed by atoms with E-state index in [1.807, 2.05) is 25.1 Å². The summed E-state index contributed by atoms with van der Waals surface area (Å²) in [6.45, 7) is 5.71. The summed E-state index contributed by atoms with van der Waals surface area (Å²) in [5.41, 5.74) is 2.15. The Morgan fingerprint density at radius 1 is 1.03 bits per heavy atom. The number of piperazine rings is 1. The van der Waals surface area contributed by atoms with Crippen LogP contribution in [0.3, 0.4) is 0 Å². The van der Waals surface area contributed by atoms with Crippen LogP contribution in [0.1, 0.15) is 44.6 Å². The van der Waals surface area contributed by atoms with Crippen molar-refractivity contribution in [3.05, 3.63) is 53.1 Å². The lowest BCUT2D eigenvalue weighted by molar-refractivity contribution is -0.128. The zero-order chi connectivity index (χ0) is 25.0. The van der Waals surface area contributed by atoms with E-state index in [1.165, 1.54) is 10.7 Å². The van der Waals surface area contributed by atoms with Gasteiger partial charge < -0.3 is 15.0 Å². The first-order chi connectivity index (χ1) is 16.7. The number of sulfonamides is 1. The van der Waals surface area contributed by atoms with Crippen LogP contribution in [0.25, 0.3) is 0 Å². The van der Waals surface area contributed by atoms with Crippen LogP contribution in [-0.4, -0.2) is 57.0 Å². The summed E-state index contributed by atoms with van der Waals surface area (Å²) in [5.74, 6) is 0.331. The van der Waals surface area contributed by atoms with Crippen molar-refractivity contribution < 1.29 is 17.9 Å². The van der Waals surface area contributed by atoms with Crippen LogP contribution < -0.4 is 15.0 Å². The monoisotopic (exact) mass is 519 g/mol. The number of hydrogen-bond acceptors (Lipinski definition) is 5. The lowest BCUT2D eigenvalue weighted by atomic mass is 9.95. The molecular formula is C26H34ClN3O4S. The second-order valence-corrected chi connectivity index (χ2v) is 11.8. The molecule has 1 N–H and O–H groups in total. The molecule has 2 aliphatic rings. The van der Waals surface area contributed by atoms with Crippen molar-refractivity contribution >= 4 is 33.2 Å². The first-order valence-electron chi connectivity index (χ1n) is 12.3. The number of carbonyl (C=O) groups excluding carboxylic acids is 1. The van der Waals surface area contributed by atoms with Crippen molar-refractivity contribution in [2.24, 2.45) is 0 Å². The lowest BCUT2D eigenvalue weighted by Gasteiger charge is -2.36.